The Morgan fingerprint density at radius 3 is 2.62 bits per heavy atom. The van der Waals surface area contributed by atoms with Crippen molar-refractivity contribution in [1.29, 1.82) is 0 Å². The number of nitrogens with zero attached hydrogens (tertiary/aromatic N) is 4. The maximum atomic E-state index is 12.6. The van der Waals surface area contributed by atoms with E-state index in [0.29, 0.717) is 24.2 Å². The van der Waals surface area contributed by atoms with E-state index in [1.807, 2.05) is 78.6 Å². The van der Waals surface area contributed by atoms with Crippen molar-refractivity contribution < 1.29 is 14.1 Å². The Balaban J connectivity index is 1.16. The fraction of sp³-hybridized carbons (Fsp3) is 0.259. The molecule has 2 aromatic carbocycles. The summed E-state index contributed by atoms with van der Waals surface area (Å²) < 4.78 is 11.6. The number of carbonyl (C=O) groups is 1. The molecule has 0 spiro atoms. The second kappa shape index (κ2) is 9.87. The lowest BCUT2D eigenvalue weighted by atomic mass is 9.97. The highest BCUT2D eigenvalue weighted by Crippen LogP contribution is 2.26. The van der Waals surface area contributed by atoms with E-state index in [-0.39, 0.29) is 5.91 Å². The van der Waals surface area contributed by atoms with Crippen molar-refractivity contribution in [3.63, 3.8) is 0 Å². The summed E-state index contributed by atoms with van der Waals surface area (Å²) in [4.78, 5) is 23.4. The number of likely N-dealkylation sites (tertiary alicyclic amines) is 1. The zero-order valence-corrected chi connectivity index (χ0v) is 19.1. The minimum atomic E-state index is 0.105. The molecule has 0 atom stereocenters. The van der Waals surface area contributed by atoms with Crippen LogP contribution in [0.5, 0.6) is 5.75 Å². The SMILES string of the molecule is Cc1ccc(-c2noc(-c3cccc(OCC4CCN(C(=O)c5ccccc5)CC4)c3)n2)cn1. The summed E-state index contributed by atoms with van der Waals surface area (Å²) in [5, 5.41) is 4.09. The van der Waals surface area contributed by atoms with Crippen LogP contribution in [0.2, 0.25) is 0 Å². The lowest BCUT2D eigenvalue weighted by Gasteiger charge is -2.32. The summed E-state index contributed by atoms with van der Waals surface area (Å²) in [5.41, 5.74) is 3.30. The summed E-state index contributed by atoms with van der Waals surface area (Å²) >= 11 is 0. The third-order valence-electron chi connectivity index (χ3n) is 6.08. The molecule has 0 bridgehead atoms. The number of aryl methyl sites for hydroxylation is 1. The van der Waals surface area contributed by atoms with Crippen LogP contribution in [-0.4, -0.2) is 45.6 Å². The van der Waals surface area contributed by atoms with Gasteiger partial charge in [0, 0.05) is 41.7 Å². The quantitative estimate of drug-likeness (QED) is 0.406. The highest BCUT2D eigenvalue weighted by atomic mass is 16.5. The maximum Gasteiger partial charge on any atom is 0.258 e. The second-order valence-electron chi connectivity index (χ2n) is 8.55. The number of piperidine rings is 1. The Morgan fingerprint density at radius 2 is 1.85 bits per heavy atom. The molecule has 0 radical (unpaired) electrons. The summed E-state index contributed by atoms with van der Waals surface area (Å²) in [5.74, 6) is 2.22. The molecule has 0 unspecified atom stereocenters. The van der Waals surface area contributed by atoms with E-state index in [4.69, 9.17) is 9.26 Å². The molecule has 1 aliphatic heterocycles. The molecule has 7 nitrogen and oxygen atoms in total. The third kappa shape index (κ3) is 4.98. The molecular formula is C27H26N4O3. The van der Waals surface area contributed by atoms with Crippen molar-refractivity contribution in [3.8, 4) is 28.6 Å². The van der Waals surface area contributed by atoms with Gasteiger partial charge in [-0.05, 0) is 68.1 Å². The van der Waals surface area contributed by atoms with Gasteiger partial charge >= 0.3 is 0 Å². The topological polar surface area (TPSA) is 81.4 Å². The molecule has 0 N–H and O–H groups in total. The molecule has 5 rings (SSSR count). The molecular weight excluding hydrogens is 428 g/mol. The van der Waals surface area contributed by atoms with E-state index >= 15 is 0 Å². The summed E-state index contributed by atoms with van der Waals surface area (Å²) in [6.45, 7) is 4.05. The molecule has 34 heavy (non-hydrogen) atoms. The summed E-state index contributed by atoms with van der Waals surface area (Å²) in [6, 6.07) is 21.0. The first-order chi connectivity index (χ1) is 16.7. The van der Waals surface area contributed by atoms with Gasteiger partial charge in [-0.25, -0.2) is 0 Å². The predicted molar refractivity (Wildman–Crippen MR) is 128 cm³/mol. The number of hydrogen-bond acceptors (Lipinski definition) is 6. The zero-order chi connectivity index (χ0) is 23.3. The van der Waals surface area contributed by atoms with E-state index in [2.05, 4.69) is 15.1 Å². The molecule has 4 aromatic rings. The Bertz CT molecular complexity index is 1250. The summed E-state index contributed by atoms with van der Waals surface area (Å²) in [7, 11) is 0. The normalized spacial score (nSPS) is 14.2. The number of amides is 1. The van der Waals surface area contributed by atoms with Gasteiger partial charge in [-0.1, -0.05) is 29.4 Å². The van der Waals surface area contributed by atoms with Gasteiger partial charge in [0.05, 0.1) is 6.61 Å². The average Bonchev–Trinajstić information content (AvgIpc) is 3.39. The number of carbonyl (C=O) groups excluding carboxylic acids is 1. The number of pyridine rings is 1. The van der Waals surface area contributed by atoms with Gasteiger partial charge in [0.25, 0.3) is 11.8 Å². The van der Waals surface area contributed by atoms with Crippen molar-refractivity contribution in [1.82, 2.24) is 20.0 Å². The molecule has 172 valence electrons. The van der Waals surface area contributed by atoms with Crippen molar-refractivity contribution >= 4 is 5.91 Å². The van der Waals surface area contributed by atoms with Crippen molar-refractivity contribution in [2.24, 2.45) is 5.92 Å². The molecule has 1 saturated heterocycles. The standard InChI is InChI=1S/C27H26N4O3/c1-19-10-11-23(17-28-19)25-29-26(34-30-25)22-8-5-9-24(16-22)33-18-20-12-14-31(15-13-20)27(32)21-6-3-2-4-7-21/h2-11,16-17,20H,12-15,18H2,1H3. The van der Waals surface area contributed by atoms with Crippen molar-refractivity contribution in [2.75, 3.05) is 19.7 Å². The van der Waals surface area contributed by atoms with Crippen LogP contribution < -0.4 is 4.74 Å². The van der Waals surface area contributed by atoms with E-state index in [9.17, 15) is 4.79 Å². The molecule has 2 aromatic heterocycles. The number of aromatic nitrogens is 3. The number of hydrogen-bond donors (Lipinski definition) is 0. The van der Waals surface area contributed by atoms with Crippen molar-refractivity contribution in [3.05, 3.63) is 84.2 Å². The highest BCUT2D eigenvalue weighted by Gasteiger charge is 2.24. The molecule has 1 aliphatic rings. The lowest BCUT2D eigenvalue weighted by Crippen LogP contribution is -2.39. The van der Waals surface area contributed by atoms with Crippen LogP contribution in [0.1, 0.15) is 28.9 Å². The van der Waals surface area contributed by atoms with Gasteiger partial charge in [0.2, 0.25) is 5.82 Å². The molecule has 7 heteroatoms. The van der Waals surface area contributed by atoms with E-state index < -0.39 is 0 Å². The molecule has 3 heterocycles. The van der Waals surface area contributed by atoms with Gasteiger partial charge < -0.3 is 14.2 Å². The fourth-order valence-electron chi connectivity index (χ4n) is 4.06. The van der Waals surface area contributed by atoms with Crippen LogP contribution >= 0.6 is 0 Å². The Morgan fingerprint density at radius 1 is 1.03 bits per heavy atom. The van der Waals surface area contributed by atoms with E-state index in [1.165, 1.54) is 0 Å². The zero-order valence-electron chi connectivity index (χ0n) is 19.1. The Kier molecular flexibility index (Phi) is 6.33. The Labute approximate surface area is 198 Å². The van der Waals surface area contributed by atoms with Gasteiger partial charge in [-0.15, -0.1) is 0 Å². The largest absolute Gasteiger partial charge is 0.493 e. The molecule has 1 fully saturated rings. The minimum absolute atomic E-state index is 0.105. The monoisotopic (exact) mass is 454 g/mol. The van der Waals surface area contributed by atoms with Crippen LogP contribution in [0.3, 0.4) is 0 Å². The van der Waals surface area contributed by atoms with Gasteiger partial charge in [0.15, 0.2) is 0 Å². The predicted octanol–water partition coefficient (Wildman–Crippen LogP) is 5.04. The first-order valence-electron chi connectivity index (χ1n) is 11.5. The first-order valence-corrected chi connectivity index (χ1v) is 11.5. The Hall–Kier alpha value is -4.00. The summed E-state index contributed by atoms with van der Waals surface area (Å²) in [6.07, 6.45) is 3.59. The smallest absolute Gasteiger partial charge is 0.258 e. The van der Waals surface area contributed by atoms with Crippen LogP contribution in [0.4, 0.5) is 0 Å². The third-order valence-corrected chi connectivity index (χ3v) is 6.08. The first kappa shape index (κ1) is 21.8. The van der Waals surface area contributed by atoms with Crippen LogP contribution in [0.25, 0.3) is 22.8 Å². The van der Waals surface area contributed by atoms with Crippen molar-refractivity contribution in [2.45, 2.75) is 19.8 Å². The number of benzene rings is 2. The maximum absolute atomic E-state index is 12.6. The molecule has 1 amide bonds. The number of ether oxygens (including phenoxy) is 1. The van der Waals surface area contributed by atoms with Crippen LogP contribution in [-0.2, 0) is 0 Å². The second-order valence-corrected chi connectivity index (χ2v) is 8.55. The van der Waals surface area contributed by atoms with Crippen LogP contribution in [0.15, 0.2) is 77.4 Å². The minimum Gasteiger partial charge on any atom is -0.493 e. The van der Waals surface area contributed by atoms with Gasteiger partial charge in [-0.3, -0.25) is 9.78 Å². The average molecular weight is 455 g/mol. The van der Waals surface area contributed by atoms with Crippen LogP contribution in [0, 0.1) is 12.8 Å². The number of rotatable bonds is 6. The van der Waals surface area contributed by atoms with E-state index in [0.717, 1.165) is 54.1 Å². The van der Waals surface area contributed by atoms with Gasteiger partial charge in [0.1, 0.15) is 5.75 Å². The molecule has 0 saturated carbocycles. The van der Waals surface area contributed by atoms with Gasteiger partial charge in [-0.2, -0.15) is 4.98 Å². The molecule has 0 aliphatic carbocycles. The lowest BCUT2D eigenvalue weighted by molar-refractivity contribution is 0.0661. The van der Waals surface area contributed by atoms with E-state index in [1.54, 1.807) is 6.20 Å². The fourth-order valence-corrected chi connectivity index (χ4v) is 4.06. The highest BCUT2D eigenvalue weighted by molar-refractivity contribution is 5.94.